The largest absolute Gasteiger partial charge is 0.392 e. The predicted molar refractivity (Wildman–Crippen MR) is 207 cm³/mol. The van der Waals surface area contributed by atoms with Crippen LogP contribution in [0.25, 0.3) is 44.4 Å². The lowest BCUT2D eigenvalue weighted by molar-refractivity contribution is 0.174. The van der Waals surface area contributed by atoms with Gasteiger partial charge in [0.15, 0.2) is 0 Å². The number of aliphatic hydroxyl groups is 2. The summed E-state index contributed by atoms with van der Waals surface area (Å²) < 4.78 is 7.33. The van der Waals surface area contributed by atoms with Gasteiger partial charge in [-0.3, -0.25) is 19.4 Å². The van der Waals surface area contributed by atoms with Crippen molar-refractivity contribution in [2.45, 2.75) is 52.0 Å². The molecule has 6 heterocycles. The van der Waals surface area contributed by atoms with Crippen molar-refractivity contribution in [1.82, 2.24) is 27.7 Å². The maximum absolute atomic E-state index is 13.7. The average Bonchev–Trinajstić information content (AvgIpc) is 3.92. The maximum atomic E-state index is 13.7. The maximum Gasteiger partial charge on any atom is 0.275 e. The first-order chi connectivity index (χ1) is 25.0. The lowest BCUT2D eigenvalue weighted by Gasteiger charge is -2.17. The highest BCUT2D eigenvalue weighted by Gasteiger charge is 2.23. The highest BCUT2D eigenvalue weighted by atomic mass is 35.5. The molecule has 2 N–H and O–H groups in total. The van der Waals surface area contributed by atoms with Crippen molar-refractivity contribution >= 4 is 34.2 Å². The molecule has 2 aliphatic rings. The minimum atomic E-state index is -0.294. The Kier molecular flexibility index (Phi) is 9.40. The Morgan fingerprint density at radius 2 is 1.02 bits per heavy atom. The van der Waals surface area contributed by atoms with Crippen LogP contribution < -0.4 is 11.1 Å². The quantitative estimate of drug-likeness (QED) is 0.201. The smallest absolute Gasteiger partial charge is 0.275 e. The number of halogens is 2. The van der Waals surface area contributed by atoms with Crippen LogP contribution in [0.3, 0.4) is 0 Å². The van der Waals surface area contributed by atoms with E-state index in [1.165, 1.54) is 0 Å². The molecule has 2 aromatic carbocycles. The molecular formula is C40H42Cl2N6O4. The molecule has 270 valence electrons. The molecule has 4 aromatic heterocycles. The lowest BCUT2D eigenvalue weighted by Crippen LogP contribution is -2.31. The summed E-state index contributed by atoms with van der Waals surface area (Å²) in [7, 11) is 0. The second-order valence-corrected chi connectivity index (χ2v) is 15.1. The molecule has 6 aromatic rings. The molecule has 0 bridgehead atoms. The molecule has 2 atom stereocenters. The predicted octanol–water partition coefficient (Wildman–Crippen LogP) is 5.57. The molecule has 0 amide bonds. The van der Waals surface area contributed by atoms with Crippen molar-refractivity contribution in [2.24, 2.45) is 0 Å². The summed E-state index contributed by atoms with van der Waals surface area (Å²) in [4.78, 5) is 31.7. The monoisotopic (exact) mass is 740 g/mol. The number of nitrogens with zero attached hydrogens (tertiary/aromatic N) is 6. The zero-order valence-corrected chi connectivity index (χ0v) is 30.8. The van der Waals surface area contributed by atoms with Crippen LogP contribution in [-0.4, -0.2) is 89.4 Å². The SMILES string of the molecule is Cc1cn2cc(-c3cccc(-c4cccc(-c5cc6c(=O)n(CCN7CC[C@H](O)C7)c(C)cn6c5)c4Cl)c3Cl)cc2c(=O)n1CCN1CC[C@H](O)C1. The summed E-state index contributed by atoms with van der Waals surface area (Å²) in [6.07, 6.45) is 8.75. The van der Waals surface area contributed by atoms with E-state index in [0.717, 1.165) is 70.7 Å². The van der Waals surface area contributed by atoms with Crippen LogP contribution in [0.15, 0.2) is 82.9 Å². The molecule has 0 unspecified atom stereocenters. The number of aryl methyl sites for hydroxylation is 2. The number of aromatic nitrogens is 4. The fourth-order valence-electron chi connectivity index (χ4n) is 7.94. The van der Waals surface area contributed by atoms with Crippen molar-refractivity contribution < 1.29 is 10.2 Å². The minimum Gasteiger partial charge on any atom is -0.392 e. The molecule has 2 aliphatic heterocycles. The molecule has 8 rings (SSSR count). The first-order valence-electron chi connectivity index (χ1n) is 17.9. The van der Waals surface area contributed by atoms with Crippen LogP contribution >= 0.6 is 23.2 Å². The number of aliphatic hydroxyl groups excluding tert-OH is 2. The van der Waals surface area contributed by atoms with E-state index in [0.29, 0.717) is 60.3 Å². The first-order valence-corrected chi connectivity index (χ1v) is 18.6. The van der Waals surface area contributed by atoms with Crippen LogP contribution in [0.2, 0.25) is 10.0 Å². The van der Waals surface area contributed by atoms with Crippen LogP contribution in [-0.2, 0) is 13.1 Å². The molecular weight excluding hydrogens is 699 g/mol. The van der Waals surface area contributed by atoms with Crippen molar-refractivity contribution in [3.05, 3.63) is 115 Å². The minimum absolute atomic E-state index is 0.0673. The Hall–Kier alpha value is -4.16. The highest BCUT2D eigenvalue weighted by molar-refractivity contribution is 6.39. The van der Waals surface area contributed by atoms with Crippen molar-refractivity contribution in [3.8, 4) is 33.4 Å². The van der Waals surface area contributed by atoms with Crippen molar-refractivity contribution in [2.75, 3.05) is 39.3 Å². The molecule has 52 heavy (non-hydrogen) atoms. The van der Waals surface area contributed by atoms with Gasteiger partial charge in [0.2, 0.25) is 0 Å². The Morgan fingerprint density at radius 1 is 0.615 bits per heavy atom. The third-order valence-corrected chi connectivity index (χ3v) is 11.6. The third-order valence-electron chi connectivity index (χ3n) is 10.8. The lowest BCUT2D eigenvalue weighted by atomic mass is 9.97. The number of benzene rings is 2. The fraction of sp³-hybridized carbons (Fsp3) is 0.350. The van der Waals surface area contributed by atoms with Gasteiger partial charge in [0, 0.05) is 122 Å². The normalized spacial score (nSPS) is 18.4. The Balaban J connectivity index is 1.10. The van der Waals surface area contributed by atoms with E-state index in [-0.39, 0.29) is 23.3 Å². The van der Waals surface area contributed by atoms with Gasteiger partial charge in [0.05, 0.1) is 22.3 Å². The van der Waals surface area contributed by atoms with Gasteiger partial charge in [-0.15, -0.1) is 0 Å². The topological polar surface area (TPSA) is 99.8 Å². The number of hydrogen-bond donors (Lipinski definition) is 2. The van der Waals surface area contributed by atoms with Crippen LogP contribution in [0.1, 0.15) is 24.2 Å². The first kappa shape index (κ1) is 34.9. The van der Waals surface area contributed by atoms with Gasteiger partial charge in [-0.05, 0) is 38.8 Å². The van der Waals surface area contributed by atoms with E-state index in [9.17, 15) is 19.8 Å². The van der Waals surface area contributed by atoms with E-state index < -0.39 is 0 Å². The van der Waals surface area contributed by atoms with Gasteiger partial charge in [-0.1, -0.05) is 59.6 Å². The van der Waals surface area contributed by atoms with Gasteiger partial charge < -0.3 is 28.1 Å². The molecule has 0 aliphatic carbocycles. The summed E-state index contributed by atoms with van der Waals surface area (Å²) in [5.41, 5.74) is 7.45. The van der Waals surface area contributed by atoms with Crippen molar-refractivity contribution in [3.63, 3.8) is 0 Å². The Labute approximate surface area is 311 Å². The fourth-order valence-corrected chi connectivity index (χ4v) is 8.62. The van der Waals surface area contributed by atoms with Gasteiger partial charge >= 0.3 is 0 Å². The second-order valence-electron chi connectivity index (χ2n) is 14.3. The van der Waals surface area contributed by atoms with Crippen LogP contribution in [0, 0.1) is 13.8 Å². The number of likely N-dealkylation sites (tertiary alicyclic amines) is 2. The van der Waals surface area contributed by atoms with Crippen LogP contribution in [0.4, 0.5) is 0 Å². The Bertz CT molecular complexity index is 2280. The molecule has 0 spiro atoms. The number of β-amino-alcohol motifs (C(OH)–C–C–N with tert-alkyl or cyclic N) is 2. The van der Waals surface area contributed by atoms with E-state index in [4.69, 9.17) is 23.2 Å². The van der Waals surface area contributed by atoms with E-state index in [2.05, 4.69) is 9.80 Å². The Morgan fingerprint density at radius 3 is 1.40 bits per heavy atom. The van der Waals surface area contributed by atoms with Gasteiger partial charge in [-0.25, -0.2) is 0 Å². The van der Waals surface area contributed by atoms with Gasteiger partial charge in [-0.2, -0.15) is 0 Å². The second kappa shape index (κ2) is 14.0. The summed E-state index contributed by atoms with van der Waals surface area (Å²) >= 11 is 14.3. The van der Waals surface area contributed by atoms with E-state index in [1.807, 2.05) is 96.0 Å². The standard InChI is InChI=1S/C40H42Cl2N6O4/c1-25-19-45-21-27(17-35(45)39(51)47(25)15-13-43-11-9-29(49)23-43)31-5-3-7-33(37(31)41)34-8-4-6-32(38(34)42)28-18-36-40(52)48(26(2)20-46(36)22-28)16-14-44-12-10-30(50)24-44/h3-8,17-22,29-30,49-50H,9-16,23-24H2,1-2H3/t29-,30-/m0/s1. The summed E-state index contributed by atoms with van der Waals surface area (Å²) in [5, 5.41) is 20.9. The van der Waals surface area contributed by atoms with Crippen LogP contribution in [0.5, 0.6) is 0 Å². The molecule has 10 nitrogen and oxygen atoms in total. The molecule has 0 saturated carbocycles. The molecule has 2 saturated heterocycles. The van der Waals surface area contributed by atoms with Gasteiger partial charge in [0.1, 0.15) is 11.0 Å². The number of rotatable bonds is 9. The zero-order valence-electron chi connectivity index (χ0n) is 29.3. The number of hydrogen-bond acceptors (Lipinski definition) is 6. The zero-order chi connectivity index (χ0) is 36.3. The van der Waals surface area contributed by atoms with Gasteiger partial charge in [0.25, 0.3) is 11.1 Å². The molecule has 0 radical (unpaired) electrons. The number of fused-ring (bicyclic) bond motifs is 2. The molecule has 12 heteroatoms. The van der Waals surface area contributed by atoms with E-state index in [1.54, 1.807) is 9.13 Å². The van der Waals surface area contributed by atoms with E-state index >= 15 is 0 Å². The highest BCUT2D eigenvalue weighted by Crippen LogP contribution is 2.42. The molecule has 2 fully saturated rings. The summed E-state index contributed by atoms with van der Waals surface area (Å²) in [5.74, 6) is 0. The summed E-state index contributed by atoms with van der Waals surface area (Å²) in [6.45, 7) is 9.36. The van der Waals surface area contributed by atoms with Crippen molar-refractivity contribution in [1.29, 1.82) is 0 Å². The third kappa shape index (κ3) is 6.42. The average molecular weight is 742 g/mol. The summed E-state index contributed by atoms with van der Waals surface area (Å²) in [6, 6.07) is 15.4.